The van der Waals surface area contributed by atoms with Crippen molar-refractivity contribution in [1.29, 1.82) is 0 Å². The summed E-state index contributed by atoms with van der Waals surface area (Å²) in [5.74, 6) is -1.46. The highest BCUT2D eigenvalue weighted by molar-refractivity contribution is 5.98. The van der Waals surface area contributed by atoms with Gasteiger partial charge in [0.25, 0.3) is 11.7 Å². The van der Waals surface area contributed by atoms with Gasteiger partial charge in [0.1, 0.15) is 11.0 Å². The summed E-state index contributed by atoms with van der Waals surface area (Å²) in [6.07, 6.45) is 1.58. The molecule has 2 N–H and O–H groups in total. The molecule has 1 aliphatic rings. The number of aromatic nitrogens is 3. The Morgan fingerprint density at radius 1 is 1.23 bits per heavy atom. The van der Waals surface area contributed by atoms with Crippen molar-refractivity contribution in [2.75, 3.05) is 0 Å². The number of halogens is 2. The number of carbonyl (C=O) groups excluding carboxylic acids is 1. The Hall–Kier alpha value is -2.83. The zero-order valence-electron chi connectivity index (χ0n) is 11.5. The van der Waals surface area contributed by atoms with Crippen LogP contribution >= 0.6 is 0 Å². The number of fused-ring (bicyclic) bond motifs is 2. The SMILES string of the molecule is CC1NC(=O)c2ccc(-[n+]3c[nH]c4cc(F)c(F)cc43)nc21. The minimum atomic E-state index is -0.924. The molecule has 22 heavy (non-hydrogen) atoms. The molecule has 1 unspecified atom stereocenters. The van der Waals surface area contributed by atoms with Crippen molar-refractivity contribution in [2.24, 2.45) is 0 Å². The van der Waals surface area contributed by atoms with Crippen molar-refractivity contribution in [3.8, 4) is 5.82 Å². The quantitative estimate of drug-likeness (QED) is 0.675. The summed E-state index contributed by atoms with van der Waals surface area (Å²) in [5.41, 5.74) is 2.11. The van der Waals surface area contributed by atoms with E-state index >= 15 is 0 Å². The lowest BCUT2D eigenvalue weighted by Crippen LogP contribution is -2.30. The number of nitrogens with zero attached hydrogens (tertiary/aromatic N) is 2. The first-order valence-electron chi connectivity index (χ1n) is 6.74. The van der Waals surface area contributed by atoms with E-state index in [4.69, 9.17) is 0 Å². The van der Waals surface area contributed by atoms with Crippen LogP contribution < -0.4 is 9.88 Å². The molecule has 7 heteroatoms. The van der Waals surface area contributed by atoms with Crippen LogP contribution in [0, 0.1) is 11.6 Å². The fraction of sp³-hybridized carbons (Fsp3) is 0.133. The number of hydrogen-bond acceptors (Lipinski definition) is 2. The van der Waals surface area contributed by atoms with E-state index in [1.54, 1.807) is 23.0 Å². The molecule has 2 aromatic heterocycles. The van der Waals surface area contributed by atoms with Crippen LogP contribution in [0.2, 0.25) is 0 Å². The Labute approximate surface area is 123 Å². The summed E-state index contributed by atoms with van der Waals surface area (Å²) >= 11 is 0. The Morgan fingerprint density at radius 3 is 2.82 bits per heavy atom. The second-order valence-electron chi connectivity index (χ2n) is 5.22. The van der Waals surface area contributed by atoms with Crippen LogP contribution in [0.4, 0.5) is 8.78 Å². The Bertz CT molecular complexity index is 935. The van der Waals surface area contributed by atoms with Crippen LogP contribution in [0.25, 0.3) is 16.9 Å². The topological polar surface area (TPSA) is 61.7 Å². The summed E-state index contributed by atoms with van der Waals surface area (Å²) in [4.78, 5) is 19.1. The zero-order chi connectivity index (χ0) is 15.4. The maximum atomic E-state index is 13.5. The maximum absolute atomic E-state index is 13.5. The minimum absolute atomic E-state index is 0.154. The predicted octanol–water partition coefficient (Wildman–Crippen LogP) is 1.92. The van der Waals surface area contributed by atoms with Crippen molar-refractivity contribution in [2.45, 2.75) is 13.0 Å². The van der Waals surface area contributed by atoms with Gasteiger partial charge in [0.2, 0.25) is 0 Å². The van der Waals surface area contributed by atoms with Crippen LogP contribution in [0.3, 0.4) is 0 Å². The van der Waals surface area contributed by atoms with E-state index in [9.17, 15) is 13.6 Å². The van der Waals surface area contributed by atoms with Gasteiger partial charge in [-0.25, -0.2) is 8.78 Å². The lowest BCUT2D eigenvalue weighted by Gasteiger charge is -2.01. The molecular formula is C15H11F2N4O+. The van der Waals surface area contributed by atoms with Crippen molar-refractivity contribution >= 4 is 16.9 Å². The van der Waals surface area contributed by atoms with Gasteiger partial charge in [-0.1, -0.05) is 0 Å². The first-order valence-corrected chi connectivity index (χ1v) is 6.74. The largest absolute Gasteiger partial charge is 0.342 e. The average molecular weight is 301 g/mol. The Balaban J connectivity index is 1.91. The number of benzene rings is 1. The molecule has 0 spiro atoms. The maximum Gasteiger partial charge on any atom is 0.267 e. The van der Waals surface area contributed by atoms with Gasteiger partial charge >= 0.3 is 0 Å². The van der Waals surface area contributed by atoms with Crippen LogP contribution in [0.1, 0.15) is 29.0 Å². The summed E-state index contributed by atoms with van der Waals surface area (Å²) in [6.45, 7) is 1.84. The highest BCUT2D eigenvalue weighted by Gasteiger charge is 2.30. The van der Waals surface area contributed by atoms with E-state index in [0.717, 1.165) is 12.1 Å². The number of imidazole rings is 1. The third kappa shape index (κ3) is 1.71. The molecule has 1 atom stereocenters. The third-order valence-corrected chi connectivity index (χ3v) is 3.81. The predicted molar refractivity (Wildman–Crippen MR) is 73.4 cm³/mol. The van der Waals surface area contributed by atoms with Crippen LogP contribution in [-0.4, -0.2) is 15.9 Å². The van der Waals surface area contributed by atoms with Crippen LogP contribution in [0.15, 0.2) is 30.6 Å². The molecule has 5 nitrogen and oxygen atoms in total. The molecule has 3 heterocycles. The normalized spacial score (nSPS) is 16.9. The number of aromatic amines is 1. The van der Waals surface area contributed by atoms with Gasteiger partial charge in [-0.2, -0.15) is 4.57 Å². The number of H-pyrrole nitrogens is 1. The van der Waals surface area contributed by atoms with E-state index in [1.807, 2.05) is 6.92 Å². The van der Waals surface area contributed by atoms with Crippen LogP contribution in [0.5, 0.6) is 0 Å². The highest BCUT2D eigenvalue weighted by Crippen LogP contribution is 2.23. The van der Waals surface area contributed by atoms with Gasteiger partial charge in [0.05, 0.1) is 11.6 Å². The summed E-state index contributed by atoms with van der Waals surface area (Å²) < 4.78 is 28.4. The molecule has 1 aliphatic heterocycles. The van der Waals surface area contributed by atoms with Crippen molar-refractivity contribution < 1.29 is 18.1 Å². The fourth-order valence-corrected chi connectivity index (χ4v) is 2.71. The van der Waals surface area contributed by atoms with E-state index in [2.05, 4.69) is 15.3 Å². The minimum Gasteiger partial charge on any atom is -0.342 e. The van der Waals surface area contributed by atoms with Gasteiger partial charge in [0.15, 0.2) is 23.7 Å². The van der Waals surface area contributed by atoms with Gasteiger partial charge < -0.3 is 5.32 Å². The number of pyridine rings is 1. The number of carbonyl (C=O) groups is 1. The Kier molecular flexibility index (Phi) is 2.53. The van der Waals surface area contributed by atoms with Crippen molar-refractivity contribution in [3.05, 3.63) is 53.5 Å². The molecule has 0 aliphatic carbocycles. The van der Waals surface area contributed by atoms with Crippen molar-refractivity contribution in [3.63, 3.8) is 0 Å². The molecule has 1 aromatic carbocycles. The lowest BCUT2D eigenvalue weighted by atomic mass is 10.1. The monoisotopic (exact) mass is 301 g/mol. The third-order valence-electron chi connectivity index (χ3n) is 3.81. The average Bonchev–Trinajstić information content (AvgIpc) is 3.01. The molecule has 4 rings (SSSR count). The van der Waals surface area contributed by atoms with E-state index in [0.29, 0.717) is 28.1 Å². The van der Waals surface area contributed by atoms with E-state index in [1.165, 1.54) is 0 Å². The molecule has 0 radical (unpaired) electrons. The van der Waals surface area contributed by atoms with Crippen molar-refractivity contribution in [1.82, 2.24) is 15.3 Å². The van der Waals surface area contributed by atoms with E-state index < -0.39 is 11.6 Å². The van der Waals surface area contributed by atoms with Gasteiger partial charge in [-0.05, 0) is 13.0 Å². The molecule has 0 saturated heterocycles. The van der Waals surface area contributed by atoms with Crippen LogP contribution in [-0.2, 0) is 0 Å². The molecule has 0 bridgehead atoms. The standard InChI is InChI=1S/C15H10F2N4O/c1-7-14-8(15(22)19-7)2-3-13(20-14)21-6-18-11-4-9(16)10(17)5-12(11)21/h2-7H,1H3,(H,19,22)/p+1. The lowest BCUT2D eigenvalue weighted by molar-refractivity contribution is -0.571. The van der Waals surface area contributed by atoms with Gasteiger partial charge in [-0.3, -0.25) is 9.78 Å². The molecule has 0 fully saturated rings. The Morgan fingerprint density at radius 2 is 2.00 bits per heavy atom. The first-order chi connectivity index (χ1) is 10.5. The molecule has 1 amide bonds. The van der Waals surface area contributed by atoms with Gasteiger partial charge in [-0.15, -0.1) is 4.98 Å². The molecular weight excluding hydrogens is 290 g/mol. The molecule has 3 aromatic rings. The highest BCUT2D eigenvalue weighted by atomic mass is 19.2. The first kappa shape index (κ1) is 12.9. The molecule has 110 valence electrons. The number of amides is 1. The number of nitrogens with one attached hydrogen (secondary N) is 2. The van der Waals surface area contributed by atoms with Gasteiger partial charge in [0, 0.05) is 18.2 Å². The second-order valence-corrected chi connectivity index (χ2v) is 5.22. The van der Waals surface area contributed by atoms with E-state index in [-0.39, 0.29) is 11.9 Å². The fourth-order valence-electron chi connectivity index (χ4n) is 2.71. The zero-order valence-corrected chi connectivity index (χ0v) is 11.5. The number of rotatable bonds is 1. The molecule has 0 saturated carbocycles. The smallest absolute Gasteiger partial charge is 0.267 e. The summed E-state index contributed by atoms with van der Waals surface area (Å²) in [5, 5.41) is 2.78. The second kappa shape index (κ2) is 4.33. The summed E-state index contributed by atoms with van der Waals surface area (Å²) in [7, 11) is 0. The summed E-state index contributed by atoms with van der Waals surface area (Å²) in [6, 6.07) is 5.39. The number of hydrogen-bond donors (Lipinski definition) is 2.